The Hall–Kier alpha value is -2.56. The van der Waals surface area contributed by atoms with Gasteiger partial charge in [-0.05, 0) is 30.3 Å². The van der Waals surface area contributed by atoms with Gasteiger partial charge in [-0.2, -0.15) is 0 Å². The van der Waals surface area contributed by atoms with Gasteiger partial charge in [-0.1, -0.05) is 0 Å². The Morgan fingerprint density at radius 3 is 3.11 bits per heavy atom. The number of amides is 1. The van der Waals surface area contributed by atoms with E-state index >= 15 is 0 Å². The zero-order valence-corrected chi connectivity index (χ0v) is 10.6. The molecule has 0 aliphatic rings. The Bertz CT molecular complexity index is 712. The van der Waals surface area contributed by atoms with Crippen LogP contribution in [0.1, 0.15) is 16.1 Å². The van der Waals surface area contributed by atoms with E-state index in [1.54, 1.807) is 12.4 Å². The molecule has 5 heteroatoms. The SMILES string of the molecule is Cn1cnc2ccc(C(=O)NCc3ccc[nH]3)cc21. The molecular weight excluding hydrogens is 240 g/mol. The summed E-state index contributed by atoms with van der Waals surface area (Å²) in [5.74, 6) is -0.0855. The number of aryl methyl sites for hydroxylation is 1. The minimum absolute atomic E-state index is 0.0855. The molecule has 2 N–H and O–H groups in total. The maximum atomic E-state index is 12.1. The lowest BCUT2D eigenvalue weighted by Gasteiger charge is -2.04. The predicted molar refractivity (Wildman–Crippen MR) is 72.7 cm³/mol. The highest BCUT2D eigenvalue weighted by atomic mass is 16.1. The molecule has 0 bridgehead atoms. The number of fused-ring (bicyclic) bond motifs is 1. The Labute approximate surface area is 110 Å². The quantitative estimate of drug-likeness (QED) is 0.749. The minimum Gasteiger partial charge on any atom is -0.364 e. The third-order valence-electron chi connectivity index (χ3n) is 3.09. The molecule has 0 spiro atoms. The van der Waals surface area contributed by atoms with Crippen LogP contribution in [0, 0.1) is 0 Å². The van der Waals surface area contributed by atoms with Crippen LogP contribution < -0.4 is 5.32 Å². The first-order chi connectivity index (χ1) is 9.24. The van der Waals surface area contributed by atoms with Gasteiger partial charge in [0.25, 0.3) is 5.91 Å². The second-order valence-corrected chi connectivity index (χ2v) is 4.44. The number of nitrogens with one attached hydrogen (secondary N) is 2. The summed E-state index contributed by atoms with van der Waals surface area (Å²) in [7, 11) is 1.91. The normalized spacial score (nSPS) is 10.8. The van der Waals surface area contributed by atoms with E-state index in [-0.39, 0.29) is 5.91 Å². The third kappa shape index (κ3) is 2.22. The fraction of sp³-hybridized carbons (Fsp3) is 0.143. The molecule has 0 aliphatic heterocycles. The summed E-state index contributed by atoms with van der Waals surface area (Å²) in [6, 6.07) is 9.35. The molecule has 5 nitrogen and oxygen atoms in total. The summed E-state index contributed by atoms with van der Waals surface area (Å²) in [6.45, 7) is 0.495. The number of H-pyrrole nitrogens is 1. The summed E-state index contributed by atoms with van der Waals surface area (Å²) in [4.78, 5) is 19.3. The van der Waals surface area contributed by atoms with Crippen molar-refractivity contribution in [2.24, 2.45) is 7.05 Å². The van der Waals surface area contributed by atoms with E-state index in [0.717, 1.165) is 16.7 Å². The van der Waals surface area contributed by atoms with Gasteiger partial charge in [-0.25, -0.2) is 4.98 Å². The van der Waals surface area contributed by atoms with Gasteiger partial charge >= 0.3 is 0 Å². The fourth-order valence-electron chi connectivity index (χ4n) is 2.02. The van der Waals surface area contributed by atoms with Gasteiger partial charge in [0.05, 0.1) is 23.9 Å². The van der Waals surface area contributed by atoms with E-state index in [0.29, 0.717) is 12.1 Å². The van der Waals surface area contributed by atoms with Crippen LogP contribution in [-0.4, -0.2) is 20.4 Å². The number of rotatable bonds is 3. The second-order valence-electron chi connectivity index (χ2n) is 4.44. The highest BCUT2D eigenvalue weighted by Crippen LogP contribution is 2.13. The monoisotopic (exact) mass is 254 g/mol. The van der Waals surface area contributed by atoms with Crippen LogP contribution in [0.4, 0.5) is 0 Å². The zero-order chi connectivity index (χ0) is 13.2. The summed E-state index contributed by atoms with van der Waals surface area (Å²) in [6.07, 6.45) is 3.58. The first-order valence-electron chi connectivity index (χ1n) is 6.05. The van der Waals surface area contributed by atoms with Crippen LogP contribution in [-0.2, 0) is 13.6 Å². The first kappa shape index (κ1) is 11.5. The van der Waals surface area contributed by atoms with E-state index in [2.05, 4.69) is 15.3 Å². The maximum absolute atomic E-state index is 12.1. The smallest absolute Gasteiger partial charge is 0.251 e. The maximum Gasteiger partial charge on any atom is 0.251 e. The van der Waals surface area contributed by atoms with Gasteiger partial charge in [0.15, 0.2) is 0 Å². The molecule has 0 aliphatic carbocycles. The molecule has 0 radical (unpaired) electrons. The average molecular weight is 254 g/mol. The van der Waals surface area contributed by atoms with Gasteiger partial charge in [-0.15, -0.1) is 0 Å². The molecule has 1 aromatic carbocycles. The summed E-state index contributed by atoms with van der Waals surface area (Å²) in [5.41, 5.74) is 3.47. The van der Waals surface area contributed by atoms with Crippen LogP contribution >= 0.6 is 0 Å². The van der Waals surface area contributed by atoms with Crippen molar-refractivity contribution in [1.29, 1.82) is 0 Å². The van der Waals surface area contributed by atoms with Crippen LogP contribution in [0.2, 0.25) is 0 Å². The minimum atomic E-state index is -0.0855. The van der Waals surface area contributed by atoms with E-state index in [1.807, 2.05) is 42.1 Å². The van der Waals surface area contributed by atoms with Gasteiger partial charge < -0.3 is 14.9 Å². The number of carbonyl (C=O) groups excluding carboxylic acids is 1. The first-order valence-corrected chi connectivity index (χ1v) is 6.05. The van der Waals surface area contributed by atoms with Gasteiger partial charge in [0.2, 0.25) is 0 Å². The number of imidazole rings is 1. The van der Waals surface area contributed by atoms with Crippen molar-refractivity contribution < 1.29 is 4.79 Å². The van der Waals surface area contributed by atoms with E-state index in [9.17, 15) is 4.79 Å². The van der Waals surface area contributed by atoms with Crippen molar-refractivity contribution in [1.82, 2.24) is 19.9 Å². The number of nitrogens with zero attached hydrogens (tertiary/aromatic N) is 2. The molecule has 1 amide bonds. The predicted octanol–water partition coefficient (Wildman–Crippen LogP) is 1.83. The topological polar surface area (TPSA) is 62.7 Å². The van der Waals surface area contributed by atoms with Crippen molar-refractivity contribution in [3.8, 4) is 0 Å². The van der Waals surface area contributed by atoms with Crippen LogP contribution in [0.25, 0.3) is 11.0 Å². The second kappa shape index (κ2) is 4.61. The highest BCUT2D eigenvalue weighted by Gasteiger charge is 2.08. The Morgan fingerprint density at radius 2 is 2.32 bits per heavy atom. The molecule has 0 saturated heterocycles. The van der Waals surface area contributed by atoms with Crippen molar-refractivity contribution in [2.45, 2.75) is 6.54 Å². The fourth-order valence-corrected chi connectivity index (χ4v) is 2.02. The molecule has 3 rings (SSSR count). The number of hydrogen-bond acceptors (Lipinski definition) is 2. The third-order valence-corrected chi connectivity index (χ3v) is 3.09. The average Bonchev–Trinajstić information content (AvgIpc) is 3.06. The van der Waals surface area contributed by atoms with Gasteiger partial charge in [0, 0.05) is 24.5 Å². The van der Waals surface area contributed by atoms with Crippen LogP contribution in [0.15, 0.2) is 42.9 Å². The Kier molecular flexibility index (Phi) is 2.79. The number of benzene rings is 1. The van der Waals surface area contributed by atoms with Crippen molar-refractivity contribution >= 4 is 16.9 Å². The standard InChI is InChI=1S/C14H14N4O/c1-18-9-17-12-5-4-10(7-13(12)18)14(19)16-8-11-3-2-6-15-11/h2-7,9,15H,8H2,1H3,(H,16,19). The molecule has 0 unspecified atom stereocenters. The molecule has 0 saturated carbocycles. The number of aromatic amines is 1. The van der Waals surface area contributed by atoms with Crippen molar-refractivity contribution in [2.75, 3.05) is 0 Å². The lowest BCUT2D eigenvalue weighted by Crippen LogP contribution is -2.22. The Balaban J connectivity index is 1.79. The number of aromatic nitrogens is 3. The van der Waals surface area contributed by atoms with Gasteiger partial charge in [0.1, 0.15) is 0 Å². The van der Waals surface area contributed by atoms with Crippen LogP contribution in [0.3, 0.4) is 0 Å². The van der Waals surface area contributed by atoms with E-state index in [1.165, 1.54) is 0 Å². The van der Waals surface area contributed by atoms with Crippen molar-refractivity contribution in [3.05, 3.63) is 54.1 Å². The molecule has 96 valence electrons. The molecule has 0 fully saturated rings. The Morgan fingerprint density at radius 1 is 1.42 bits per heavy atom. The molecule has 19 heavy (non-hydrogen) atoms. The number of carbonyl (C=O) groups is 1. The van der Waals surface area contributed by atoms with Crippen LogP contribution in [0.5, 0.6) is 0 Å². The van der Waals surface area contributed by atoms with E-state index < -0.39 is 0 Å². The molecule has 2 aromatic heterocycles. The van der Waals surface area contributed by atoms with E-state index in [4.69, 9.17) is 0 Å². The molecular formula is C14H14N4O. The van der Waals surface area contributed by atoms with Gasteiger partial charge in [-0.3, -0.25) is 4.79 Å². The summed E-state index contributed by atoms with van der Waals surface area (Å²) in [5, 5.41) is 2.88. The lowest BCUT2D eigenvalue weighted by molar-refractivity contribution is 0.0950. The van der Waals surface area contributed by atoms with Crippen molar-refractivity contribution in [3.63, 3.8) is 0 Å². The zero-order valence-electron chi connectivity index (χ0n) is 10.6. The lowest BCUT2D eigenvalue weighted by atomic mass is 10.2. The number of hydrogen-bond donors (Lipinski definition) is 2. The highest BCUT2D eigenvalue weighted by molar-refractivity contribution is 5.97. The molecule has 3 aromatic rings. The summed E-state index contributed by atoms with van der Waals surface area (Å²) < 4.78 is 1.90. The largest absolute Gasteiger partial charge is 0.364 e. The summed E-state index contributed by atoms with van der Waals surface area (Å²) >= 11 is 0. The molecule has 2 heterocycles. The molecule has 0 atom stereocenters.